The molecule has 1 aliphatic heterocycles. The van der Waals surface area contributed by atoms with E-state index in [1.807, 2.05) is 26.0 Å². The number of benzene rings is 1. The normalized spacial score (nSPS) is 14.0. The molecule has 0 aliphatic carbocycles. The van der Waals surface area contributed by atoms with Gasteiger partial charge in [0.05, 0.1) is 0 Å². The molecule has 1 aliphatic rings. The van der Waals surface area contributed by atoms with E-state index in [9.17, 15) is 0 Å². The van der Waals surface area contributed by atoms with E-state index in [1.54, 1.807) is 0 Å². The van der Waals surface area contributed by atoms with Crippen molar-refractivity contribution in [1.29, 1.82) is 0 Å². The van der Waals surface area contributed by atoms with E-state index in [-0.39, 0.29) is 0 Å². The third-order valence-corrected chi connectivity index (χ3v) is 2.12. The molecule has 0 saturated carbocycles. The van der Waals surface area contributed by atoms with Crippen LogP contribution in [-0.4, -0.2) is 0 Å². The number of fused-ring (bicyclic) bond motifs is 2. The maximum Gasteiger partial charge on any atom is 0.226 e. The van der Waals surface area contributed by atoms with Crippen LogP contribution in [0.15, 0.2) is 21.3 Å². The van der Waals surface area contributed by atoms with Gasteiger partial charge in [-0.2, -0.15) is 0 Å². The second-order valence-corrected chi connectivity index (χ2v) is 2.84. The highest BCUT2D eigenvalue weighted by molar-refractivity contribution is 5.73. The number of hydrogen-bond acceptors (Lipinski definition) is 3. The third kappa shape index (κ3) is 1.25. The van der Waals surface area contributed by atoms with Crippen LogP contribution in [0, 0.1) is 0 Å². The summed E-state index contributed by atoms with van der Waals surface area (Å²) in [5.41, 5.74) is 4.39. The van der Waals surface area contributed by atoms with Crippen LogP contribution >= 0.6 is 0 Å². The Bertz CT molecular complexity index is 363. The zero-order chi connectivity index (χ0) is 9.26. The lowest BCUT2D eigenvalue weighted by atomic mass is 10.1. The molecular weight excluding hydrogens is 166 g/mol. The fourth-order valence-corrected chi connectivity index (χ4v) is 1.49. The summed E-state index contributed by atoms with van der Waals surface area (Å²) >= 11 is 0. The lowest BCUT2D eigenvalue weighted by molar-refractivity contribution is 0.0588. The smallest absolute Gasteiger partial charge is 0.226 e. The van der Waals surface area contributed by atoms with Gasteiger partial charge < -0.3 is 5.32 Å². The van der Waals surface area contributed by atoms with E-state index < -0.39 is 0 Å². The molecule has 3 nitrogen and oxygen atoms in total. The summed E-state index contributed by atoms with van der Waals surface area (Å²) in [7, 11) is 0. The van der Waals surface area contributed by atoms with E-state index in [2.05, 4.69) is 5.32 Å². The van der Waals surface area contributed by atoms with Crippen LogP contribution in [0.2, 0.25) is 0 Å². The minimum atomic E-state index is 0.868. The Balaban J connectivity index is 0.000000308. The second-order valence-electron chi connectivity index (χ2n) is 2.84. The first-order chi connectivity index (χ1) is 6.43. The zero-order valence-electron chi connectivity index (χ0n) is 7.89. The van der Waals surface area contributed by atoms with Crippen molar-refractivity contribution in [2.75, 3.05) is 0 Å². The Morgan fingerprint density at radius 1 is 1.00 bits per heavy atom. The van der Waals surface area contributed by atoms with Crippen LogP contribution in [0.4, 0.5) is 0 Å². The summed E-state index contributed by atoms with van der Waals surface area (Å²) in [4.78, 5) is 0. The molecule has 1 aromatic heterocycles. The van der Waals surface area contributed by atoms with Gasteiger partial charge in [0.2, 0.25) is 11.2 Å². The van der Waals surface area contributed by atoms with E-state index in [4.69, 9.17) is 9.15 Å². The van der Waals surface area contributed by atoms with Crippen molar-refractivity contribution in [2.45, 2.75) is 26.9 Å². The average molecular weight is 179 g/mol. The Labute approximate surface area is 76.6 Å². The SMILES string of the molecule is CC.c1c2c(cc3ooc13)CNC2. The number of nitrogens with one attached hydrogen (secondary N) is 1. The molecule has 0 saturated heterocycles. The molecule has 1 aromatic carbocycles. The van der Waals surface area contributed by atoms with Crippen LogP contribution in [-0.2, 0) is 13.1 Å². The standard InChI is InChI=1S/C8H7NO2.C2H6/c1-5-3-9-4-6(5)2-8-7(1)10-11-8;1-2/h1-2,9H,3-4H2;1-2H3. The lowest BCUT2D eigenvalue weighted by Crippen LogP contribution is -1.99. The molecular formula is C10H13NO2. The van der Waals surface area contributed by atoms with Gasteiger partial charge in [-0.05, 0) is 23.3 Å². The molecule has 3 heteroatoms. The highest BCUT2D eigenvalue weighted by Crippen LogP contribution is 2.25. The van der Waals surface area contributed by atoms with Gasteiger partial charge in [-0.1, -0.05) is 13.8 Å². The summed E-state index contributed by atoms with van der Waals surface area (Å²) in [6, 6.07) is 4.07. The van der Waals surface area contributed by atoms with Crippen molar-refractivity contribution in [1.82, 2.24) is 5.32 Å². The lowest BCUT2D eigenvalue weighted by Gasteiger charge is -2.00. The van der Waals surface area contributed by atoms with Gasteiger partial charge >= 0.3 is 0 Å². The number of rotatable bonds is 0. The molecule has 0 fully saturated rings. The topological polar surface area (TPSA) is 38.3 Å². The van der Waals surface area contributed by atoms with E-state index in [1.165, 1.54) is 11.1 Å². The van der Waals surface area contributed by atoms with Crippen LogP contribution in [0.3, 0.4) is 0 Å². The fourth-order valence-electron chi connectivity index (χ4n) is 1.49. The maximum absolute atomic E-state index is 4.77. The number of hydrogen-bond donors (Lipinski definition) is 1. The van der Waals surface area contributed by atoms with Gasteiger partial charge in [-0.15, -0.1) is 0 Å². The minimum absolute atomic E-state index is 0.868. The van der Waals surface area contributed by atoms with Gasteiger partial charge in [-0.25, -0.2) is 0 Å². The molecule has 2 aromatic rings. The summed E-state index contributed by atoms with van der Waals surface area (Å²) in [6.07, 6.45) is 0. The zero-order valence-corrected chi connectivity index (χ0v) is 7.89. The fraction of sp³-hybridized carbons (Fsp3) is 0.400. The minimum Gasteiger partial charge on any atom is -0.309 e. The van der Waals surface area contributed by atoms with E-state index in [0.717, 1.165) is 24.3 Å². The van der Waals surface area contributed by atoms with E-state index in [0.29, 0.717) is 0 Å². The highest BCUT2D eigenvalue weighted by atomic mass is 17.0. The maximum atomic E-state index is 4.77. The molecule has 0 radical (unpaired) electrons. The van der Waals surface area contributed by atoms with Crippen molar-refractivity contribution >= 4 is 11.2 Å². The quantitative estimate of drug-likeness (QED) is 0.632. The van der Waals surface area contributed by atoms with Crippen molar-refractivity contribution in [3.8, 4) is 0 Å². The van der Waals surface area contributed by atoms with Crippen molar-refractivity contribution in [3.05, 3.63) is 23.3 Å². The Morgan fingerprint density at radius 2 is 1.46 bits per heavy atom. The Hall–Kier alpha value is -1.22. The second kappa shape index (κ2) is 3.26. The van der Waals surface area contributed by atoms with Crippen LogP contribution in [0.25, 0.3) is 11.2 Å². The van der Waals surface area contributed by atoms with Gasteiger partial charge in [0.25, 0.3) is 0 Å². The summed E-state index contributed by atoms with van der Waals surface area (Å²) < 4.78 is 9.55. The largest absolute Gasteiger partial charge is 0.309 e. The average Bonchev–Trinajstić information content (AvgIpc) is 2.59. The first-order valence-corrected chi connectivity index (χ1v) is 4.64. The molecule has 1 N–H and O–H groups in total. The predicted octanol–water partition coefficient (Wildman–Crippen LogP) is 2.66. The molecule has 0 atom stereocenters. The highest BCUT2D eigenvalue weighted by Gasteiger charge is 2.14. The molecule has 3 rings (SSSR count). The van der Waals surface area contributed by atoms with Crippen LogP contribution in [0.1, 0.15) is 25.0 Å². The molecule has 0 amide bonds. The monoisotopic (exact) mass is 179 g/mol. The first kappa shape index (κ1) is 8.38. The molecule has 13 heavy (non-hydrogen) atoms. The van der Waals surface area contributed by atoms with Gasteiger partial charge in [0.1, 0.15) is 0 Å². The van der Waals surface area contributed by atoms with Crippen molar-refractivity contribution in [2.24, 2.45) is 0 Å². The predicted molar refractivity (Wildman–Crippen MR) is 50.4 cm³/mol. The van der Waals surface area contributed by atoms with Gasteiger partial charge in [0.15, 0.2) is 0 Å². The molecule has 0 unspecified atom stereocenters. The molecule has 0 spiro atoms. The van der Waals surface area contributed by atoms with E-state index >= 15 is 0 Å². The molecule has 2 heterocycles. The third-order valence-electron chi connectivity index (χ3n) is 2.12. The molecule has 0 bridgehead atoms. The van der Waals surface area contributed by atoms with Crippen LogP contribution in [0.5, 0.6) is 0 Å². The summed E-state index contributed by atoms with van der Waals surface area (Å²) in [5, 5.41) is 3.26. The van der Waals surface area contributed by atoms with Gasteiger partial charge in [-0.3, -0.25) is 9.15 Å². The van der Waals surface area contributed by atoms with Crippen LogP contribution < -0.4 is 5.32 Å². The van der Waals surface area contributed by atoms with Crippen molar-refractivity contribution in [3.63, 3.8) is 0 Å². The Morgan fingerprint density at radius 3 is 1.85 bits per heavy atom. The summed E-state index contributed by atoms with van der Waals surface area (Å²) in [5.74, 6) is 0. The van der Waals surface area contributed by atoms with Crippen molar-refractivity contribution < 1.29 is 9.15 Å². The summed E-state index contributed by atoms with van der Waals surface area (Å²) in [6.45, 7) is 5.90. The van der Waals surface area contributed by atoms with Gasteiger partial charge in [0, 0.05) is 13.1 Å². The first-order valence-electron chi connectivity index (χ1n) is 4.64. The Kier molecular flexibility index (Phi) is 2.10. The molecule has 70 valence electrons.